The van der Waals surface area contributed by atoms with Crippen LogP contribution in [0.25, 0.3) is 11.0 Å². The van der Waals surface area contributed by atoms with Gasteiger partial charge in [0.1, 0.15) is 23.0 Å². The average Bonchev–Trinajstić information content (AvgIpc) is 2.48. The third kappa shape index (κ3) is 3.33. The summed E-state index contributed by atoms with van der Waals surface area (Å²) in [5.41, 5.74) is 0.177. The first-order valence-corrected chi connectivity index (χ1v) is 7.83. The molecule has 0 fully saturated rings. The Morgan fingerprint density at radius 3 is 2.70 bits per heavy atom. The highest BCUT2D eigenvalue weighted by Gasteiger charge is 2.11. The molecular formula is C16H9ClF2O3S. The van der Waals surface area contributed by atoms with E-state index in [0.29, 0.717) is 10.9 Å². The van der Waals surface area contributed by atoms with E-state index >= 15 is 0 Å². The molecule has 0 radical (unpaired) electrons. The third-order valence-corrected chi connectivity index (χ3v) is 4.57. The predicted molar refractivity (Wildman–Crippen MR) is 85.1 cm³/mol. The molecule has 1 heterocycles. The van der Waals surface area contributed by atoms with E-state index in [1.165, 1.54) is 24.3 Å². The van der Waals surface area contributed by atoms with E-state index in [4.69, 9.17) is 16.0 Å². The maximum atomic E-state index is 13.7. The highest BCUT2D eigenvalue weighted by Crippen LogP contribution is 2.33. The van der Waals surface area contributed by atoms with Crippen LogP contribution >= 0.6 is 23.4 Å². The molecule has 0 unspecified atom stereocenters. The van der Waals surface area contributed by atoms with Gasteiger partial charge < -0.3 is 9.52 Å². The van der Waals surface area contributed by atoms with Gasteiger partial charge in [0.2, 0.25) is 0 Å². The minimum absolute atomic E-state index is 0.116. The molecule has 0 bridgehead atoms. The van der Waals surface area contributed by atoms with Crippen LogP contribution in [0.3, 0.4) is 0 Å². The van der Waals surface area contributed by atoms with Crippen molar-refractivity contribution in [3.05, 3.63) is 69.0 Å². The molecule has 3 rings (SSSR count). The second kappa shape index (κ2) is 6.22. The van der Waals surface area contributed by atoms with E-state index < -0.39 is 17.3 Å². The number of fused-ring (bicyclic) bond motifs is 1. The Labute approximate surface area is 138 Å². The summed E-state index contributed by atoms with van der Waals surface area (Å²) in [5.74, 6) is -1.26. The molecular weight excluding hydrogens is 346 g/mol. The molecule has 0 spiro atoms. The van der Waals surface area contributed by atoms with Crippen molar-refractivity contribution in [1.29, 1.82) is 0 Å². The quantitative estimate of drug-likeness (QED) is 0.546. The number of hydrogen-bond donors (Lipinski definition) is 1. The number of aromatic hydroxyl groups is 1. The normalized spacial score (nSPS) is 11.1. The number of benzene rings is 2. The maximum absolute atomic E-state index is 13.7. The number of hydrogen-bond acceptors (Lipinski definition) is 4. The topological polar surface area (TPSA) is 50.4 Å². The summed E-state index contributed by atoms with van der Waals surface area (Å²) in [5, 5.41) is 10.2. The monoisotopic (exact) mass is 354 g/mol. The highest BCUT2D eigenvalue weighted by molar-refractivity contribution is 7.98. The van der Waals surface area contributed by atoms with E-state index in [1.807, 2.05) is 0 Å². The van der Waals surface area contributed by atoms with Crippen LogP contribution in [0.2, 0.25) is 5.02 Å². The molecule has 3 aromatic rings. The fourth-order valence-corrected chi connectivity index (χ4v) is 3.18. The Balaban J connectivity index is 1.99. The zero-order valence-electron chi connectivity index (χ0n) is 11.5. The van der Waals surface area contributed by atoms with Crippen molar-refractivity contribution >= 4 is 34.3 Å². The lowest BCUT2D eigenvalue weighted by molar-refractivity contribution is 0.473. The standard InChI is InChI=1S/C16H9ClF2O3S/c17-11-5-10-8(3-16(21)22-14(10)6-13(11)20)7-23-15-2-1-9(18)4-12(15)19/h1-6,20H,7H2. The van der Waals surface area contributed by atoms with Crippen molar-refractivity contribution in [2.24, 2.45) is 0 Å². The third-order valence-electron chi connectivity index (χ3n) is 3.17. The van der Waals surface area contributed by atoms with Gasteiger partial charge in [-0.3, -0.25) is 0 Å². The summed E-state index contributed by atoms with van der Waals surface area (Å²) in [6.45, 7) is 0. The number of phenols is 1. The van der Waals surface area contributed by atoms with Gasteiger partial charge in [0.05, 0.1) is 5.02 Å². The molecule has 0 saturated carbocycles. The molecule has 7 heteroatoms. The minimum Gasteiger partial charge on any atom is -0.506 e. The van der Waals surface area contributed by atoms with Gasteiger partial charge in [-0.25, -0.2) is 13.6 Å². The van der Waals surface area contributed by atoms with E-state index in [9.17, 15) is 18.7 Å². The van der Waals surface area contributed by atoms with Crippen LogP contribution in [-0.4, -0.2) is 5.11 Å². The van der Waals surface area contributed by atoms with Gasteiger partial charge in [0.25, 0.3) is 0 Å². The summed E-state index contributed by atoms with van der Waals surface area (Å²) in [4.78, 5) is 11.9. The highest BCUT2D eigenvalue weighted by atomic mass is 35.5. The van der Waals surface area contributed by atoms with E-state index in [0.717, 1.165) is 23.9 Å². The zero-order chi connectivity index (χ0) is 16.6. The summed E-state index contributed by atoms with van der Waals surface area (Å²) >= 11 is 7.00. The molecule has 3 nitrogen and oxygen atoms in total. The molecule has 0 atom stereocenters. The second-order valence-electron chi connectivity index (χ2n) is 4.75. The lowest BCUT2D eigenvalue weighted by Crippen LogP contribution is -2.00. The molecule has 1 aromatic heterocycles. The van der Waals surface area contributed by atoms with Crippen molar-refractivity contribution in [3.63, 3.8) is 0 Å². The van der Waals surface area contributed by atoms with E-state index in [2.05, 4.69) is 0 Å². The Kier molecular flexibility index (Phi) is 4.28. The fraction of sp³-hybridized carbons (Fsp3) is 0.0625. The fourth-order valence-electron chi connectivity index (χ4n) is 2.10. The van der Waals surface area contributed by atoms with Gasteiger partial charge in [-0.2, -0.15) is 0 Å². The SMILES string of the molecule is O=c1cc(CSc2ccc(F)cc2F)c2cc(Cl)c(O)cc2o1. The van der Waals surface area contributed by atoms with Crippen molar-refractivity contribution in [2.45, 2.75) is 10.6 Å². The van der Waals surface area contributed by atoms with Crippen LogP contribution in [0.5, 0.6) is 5.75 Å². The number of phenolic OH excluding ortho intramolecular Hbond substituents is 1. The van der Waals surface area contributed by atoms with Gasteiger partial charge >= 0.3 is 5.63 Å². The maximum Gasteiger partial charge on any atom is 0.336 e. The van der Waals surface area contributed by atoms with Crippen molar-refractivity contribution in [2.75, 3.05) is 0 Å². The van der Waals surface area contributed by atoms with Crippen LogP contribution < -0.4 is 5.63 Å². The van der Waals surface area contributed by atoms with Crippen LogP contribution in [0.4, 0.5) is 8.78 Å². The molecule has 0 saturated heterocycles. The van der Waals surface area contributed by atoms with Crippen LogP contribution in [-0.2, 0) is 5.75 Å². The average molecular weight is 355 g/mol. The van der Waals surface area contributed by atoms with Crippen LogP contribution in [0.15, 0.2) is 50.5 Å². The molecule has 118 valence electrons. The predicted octanol–water partition coefficient (Wildman–Crippen LogP) is 4.72. The molecule has 0 aliphatic carbocycles. The largest absolute Gasteiger partial charge is 0.506 e. The summed E-state index contributed by atoms with van der Waals surface area (Å²) in [6.07, 6.45) is 0. The van der Waals surface area contributed by atoms with Crippen molar-refractivity contribution < 1.29 is 18.3 Å². The van der Waals surface area contributed by atoms with Gasteiger partial charge in [-0.15, -0.1) is 11.8 Å². The lowest BCUT2D eigenvalue weighted by Gasteiger charge is -2.07. The Morgan fingerprint density at radius 2 is 1.96 bits per heavy atom. The lowest BCUT2D eigenvalue weighted by atomic mass is 10.1. The summed E-state index contributed by atoms with van der Waals surface area (Å²) < 4.78 is 31.6. The van der Waals surface area contributed by atoms with E-state index in [-0.39, 0.29) is 27.0 Å². The number of thioether (sulfide) groups is 1. The van der Waals surface area contributed by atoms with Gasteiger partial charge in [-0.05, 0) is 23.8 Å². The van der Waals surface area contributed by atoms with Crippen molar-refractivity contribution in [1.82, 2.24) is 0 Å². The van der Waals surface area contributed by atoms with Gasteiger partial charge in [0.15, 0.2) is 0 Å². The Morgan fingerprint density at radius 1 is 1.17 bits per heavy atom. The molecule has 23 heavy (non-hydrogen) atoms. The first-order valence-electron chi connectivity index (χ1n) is 6.47. The first-order chi connectivity index (χ1) is 10.9. The van der Waals surface area contributed by atoms with Crippen molar-refractivity contribution in [3.8, 4) is 5.75 Å². The molecule has 1 N–H and O–H groups in total. The van der Waals surface area contributed by atoms with E-state index in [1.54, 1.807) is 0 Å². The first kappa shape index (κ1) is 15.8. The summed E-state index contributed by atoms with van der Waals surface area (Å²) in [7, 11) is 0. The number of rotatable bonds is 3. The molecule has 0 aliphatic heterocycles. The minimum atomic E-state index is -0.669. The number of halogens is 3. The Bertz CT molecular complexity index is 956. The van der Waals surface area contributed by atoms with Gasteiger partial charge in [0, 0.05) is 34.2 Å². The van der Waals surface area contributed by atoms with Crippen LogP contribution in [0.1, 0.15) is 5.56 Å². The Hall–Kier alpha value is -2.05. The second-order valence-corrected chi connectivity index (χ2v) is 6.18. The molecule has 0 amide bonds. The summed E-state index contributed by atoms with van der Waals surface area (Å²) in [6, 6.07) is 7.32. The zero-order valence-corrected chi connectivity index (χ0v) is 13.0. The smallest absolute Gasteiger partial charge is 0.336 e. The van der Waals surface area contributed by atoms with Crippen LogP contribution in [0, 0.1) is 11.6 Å². The van der Waals surface area contributed by atoms with Gasteiger partial charge in [-0.1, -0.05) is 11.6 Å². The molecule has 0 aliphatic rings. The molecule has 2 aromatic carbocycles.